The first kappa shape index (κ1) is 62.2. The molecule has 2 heterocycles. The molecule has 0 bridgehead atoms. The monoisotopic (exact) mass is 1060 g/mol. The molecule has 9 N–H and O–H groups in total. The van der Waals surface area contributed by atoms with Gasteiger partial charge in [0.15, 0.2) is 0 Å². The highest BCUT2D eigenvalue weighted by Gasteiger charge is 2.45. The second kappa shape index (κ2) is 29.8. The van der Waals surface area contributed by atoms with Crippen molar-refractivity contribution in [1.82, 2.24) is 41.7 Å². The summed E-state index contributed by atoms with van der Waals surface area (Å²) >= 11 is 0. The summed E-state index contributed by atoms with van der Waals surface area (Å²) in [6.07, 6.45) is 3.32. The summed E-state index contributed by atoms with van der Waals surface area (Å²) < 4.78 is 0. The molecule has 2 aliphatic heterocycles. The number of hydrogen-bond donors (Lipinski definition) is 8. The number of likely N-dealkylation sites (tertiary alicyclic amines) is 2. The highest BCUT2D eigenvalue weighted by Crippen LogP contribution is 2.27. The SMILES string of the molecule is CC[C@H](C)[C@H](NC(=O)[C@@H](NC(=O)[C@@H](N)CC(C)C)[C@@H](C)CC)C(=O)N[C@@H](CC(C)C)C(=O)N[C@H](C(=O)N1CCC[C@H]1C(=O)N1CCC[C@H]1C(=O)N[C@@H](Cc1ccccc1)C(=O)N[C@@H](Cc1ccccc1)C(=O)O)C(C)C. The van der Waals surface area contributed by atoms with E-state index in [4.69, 9.17) is 5.73 Å². The molecule has 76 heavy (non-hydrogen) atoms. The van der Waals surface area contributed by atoms with Crippen molar-refractivity contribution in [3.8, 4) is 0 Å². The lowest BCUT2D eigenvalue weighted by atomic mass is 9.93. The lowest BCUT2D eigenvalue weighted by Gasteiger charge is -2.35. The van der Waals surface area contributed by atoms with Crippen LogP contribution < -0.4 is 37.6 Å². The van der Waals surface area contributed by atoms with Gasteiger partial charge >= 0.3 is 5.97 Å². The molecule has 420 valence electrons. The van der Waals surface area contributed by atoms with Crippen molar-refractivity contribution < 1.29 is 48.3 Å². The van der Waals surface area contributed by atoms with Crippen LogP contribution in [0.25, 0.3) is 0 Å². The maximum absolute atomic E-state index is 14.7. The number of benzene rings is 2. The number of nitrogens with one attached hydrogen (secondary N) is 6. The molecule has 0 unspecified atom stereocenters. The van der Waals surface area contributed by atoms with Gasteiger partial charge in [-0.1, -0.05) is 143 Å². The zero-order valence-corrected chi connectivity index (χ0v) is 46.4. The van der Waals surface area contributed by atoms with Gasteiger partial charge in [-0.25, -0.2) is 4.79 Å². The van der Waals surface area contributed by atoms with Gasteiger partial charge in [0, 0.05) is 25.9 Å². The molecule has 2 saturated heterocycles. The summed E-state index contributed by atoms with van der Waals surface area (Å²) in [6.45, 7) is 19.1. The van der Waals surface area contributed by atoms with Crippen LogP contribution in [0.4, 0.5) is 0 Å². The quantitative estimate of drug-likeness (QED) is 0.0610. The first-order chi connectivity index (χ1) is 36.0. The number of rotatable bonds is 28. The van der Waals surface area contributed by atoms with E-state index in [-0.39, 0.29) is 56.0 Å². The fourth-order valence-electron chi connectivity index (χ4n) is 9.86. The van der Waals surface area contributed by atoms with E-state index < -0.39 is 114 Å². The molecule has 2 fully saturated rings. The number of aliphatic carboxylic acids is 1. The minimum Gasteiger partial charge on any atom is -0.480 e. The fourth-order valence-corrected chi connectivity index (χ4v) is 9.86. The summed E-state index contributed by atoms with van der Waals surface area (Å²) in [6, 6.07) is 8.37. The molecule has 2 aliphatic rings. The van der Waals surface area contributed by atoms with Crippen molar-refractivity contribution in [3.63, 3.8) is 0 Å². The third kappa shape index (κ3) is 17.9. The largest absolute Gasteiger partial charge is 0.480 e. The highest BCUT2D eigenvalue weighted by molar-refractivity contribution is 5.98. The van der Waals surface area contributed by atoms with Gasteiger partial charge in [-0.05, 0) is 79.2 Å². The number of carbonyl (C=O) groups excluding carboxylic acids is 8. The Balaban J connectivity index is 1.50. The molecule has 0 saturated carbocycles. The van der Waals surface area contributed by atoms with Crippen molar-refractivity contribution in [2.24, 2.45) is 35.3 Å². The topological polar surface area (TPSA) is 279 Å². The number of nitrogens with two attached hydrogens (primary N) is 1. The molecule has 0 aliphatic carbocycles. The summed E-state index contributed by atoms with van der Waals surface area (Å²) in [5.74, 6) is -6.74. The average Bonchev–Trinajstić information content (AvgIpc) is 4.09. The van der Waals surface area contributed by atoms with E-state index in [0.29, 0.717) is 50.5 Å². The Morgan fingerprint density at radius 3 is 1.49 bits per heavy atom. The van der Waals surface area contributed by atoms with E-state index in [2.05, 4.69) is 31.9 Å². The maximum atomic E-state index is 14.7. The van der Waals surface area contributed by atoms with Gasteiger partial charge < -0.3 is 52.5 Å². The molecule has 4 rings (SSSR count). The predicted molar refractivity (Wildman–Crippen MR) is 290 cm³/mol. The predicted octanol–water partition coefficient (Wildman–Crippen LogP) is 3.61. The molecule has 0 radical (unpaired) electrons. The maximum Gasteiger partial charge on any atom is 0.326 e. The molecule has 2 aromatic carbocycles. The Labute approximate surface area is 449 Å². The van der Waals surface area contributed by atoms with Gasteiger partial charge in [-0.3, -0.25) is 38.4 Å². The first-order valence-corrected chi connectivity index (χ1v) is 27.5. The third-order valence-electron chi connectivity index (χ3n) is 14.7. The molecule has 19 heteroatoms. The number of carboxylic acids is 1. The second-order valence-corrected chi connectivity index (χ2v) is 22.1. The number of carboxylic acid groups (broad SMARTS) is 1. The van der Waals surface area contributed by atoms with E-state index in [1.54, 1.807) is 68.4 Å². The van der Waals surface area contributed by atoms with Gasteiger partial charge in [0.25, 0.3) is 0 Å². The number of amides is 8. The van der Waals surface area contributed by atoms with Crippen molar-refractivity contribution in [2.75, 3.05) is 13.1 Å². The zero-order valence-electron chi connectivity index (χ0n) is 46.4. The first-order valence-electron chi connectivity index (χ1n) is 27.5. The summed E-state index contributed by atoms with van der Waals surface area (Å²) in [5.41, 5.74) is 7.59. The Morgan fingerprint density at radius 2 is 0.987 bits per heavy atom. The van der Waals surface area contributed by atoms with E-state index >= 15 is 0 Å². The van der Waals surface area contributed by atoms with Gasteiger partial charge in [0.2, 0.25) is 47.3 Å². The fraction of sp³-hybridized carbons (Fsp3) is 0.632. The van der Waals surface area contributed by atoms with Gasteiger partial charge in [0.05, 0.1) is 6.04 Å². The standard InChI is InChI=1S/C57H87N9O10/c1-11-36(9)47(64-54(72)48(37(10)12-2)63-49(67)40(58)29-33(3)4)53(71)60-41(30-34(5)6)51(69)62-46(35(7)8)56(74)66-28-20-26-45(66)55(73)65-27-19-25-44(65)52(70)59-42(31-38-21-15-13-16-22-38)50(68)61-43(57(75)76)32-39-23-17-14-18-24-39/h13-18,21-24,33-37,40-48H,11-12,19-20,25-32,58H2,1-10H3,(H,59,70)(H,60,71)(H,61,68)(H,62,69)(H,63,67)(H,64,72)(H,75,76)/t36-,37-,40-,41-,42-,43-,44-,45-,46-,47-,48-/m0/s1. The smallest absolute Gasteiger partial charge is 0.326 e. The number of nitrogens with zero attached hydrogens (tertiary/aromatic N) is 2. The molecule has 11 atom stereocenters. The van der Waals surface area contributed by atoms with Crippen molar-refractivity contribution in [2.45, 2.75) is 188 Å². The van der Waals surface area contributed by atoms with Crippen molar-refractivity contribution in [1.29, 1.82) is 0 Å². The number of hydrogen-bond acceptors (Lipinski definition) is 10. The van der Waals surface area contributed by atoms with Crippen LogP contribution in [0, 0.1) is 29.6 Å². The second-order valence-electron chi connectivity index (χ2n) is 22.1. The average molecular weight is 1060 g/mol. The van der Waals surface area contributed by atoms with Crippen LogP contribution in [0.5, 0.6) is 0 Å². The van der Waals surface area contributed by atoms with Crippen LogP contribution in [0.1, 0.15) is 132 Å². The van der Waals surface area contributed by atoms with Crippen LogP contribution in [0.3, 0.4) is 0 Å². The Morgan fingerprint density at radius 1 is 0.539 bits per heavy atom. The van der Waals surface area contributed by atoms with Crippen molar-refractivity contribution >= 4 is 53.2 Å². The van der Waals surface area contributed by atoms with Crippen LogP contribution in [-0.2, 0) is 56.0 Å². The van der Waals surface area contributed by atoms with Crippen LogP contribution >= 0.6 is 0 Å². The Hall–Kier alpha value is -6.37. The van der Waals surface area contributed by atoms with Crippen LogP contribution in [-0.4, -0.2) is 136 Å². The molecular formula is C57H87N9O10. The molecule has 8 amide bonds. The molecule has 0 spiro atoms. The third-order valence-corrected chi connectivity index (χ3v) is 14.7. The minimum absolute atomic E-state index is 0.0181. The van der Waals surface area contributed by atoms with E-state index in [1.807, 2.05) is 61.5 Å². The highest BCUT2D eigenvalue weighted by atomic mass is 16.4. The normalized spacial score (nSPS) is 19.1. The van der Waals surface area contributed by atoms with Gasteiger partial charge in [-0.2, -0.15) is 0 Å². The minimum atomic E-state index is -1.28. The van der Waals surface area contributed by atoms with Crippen LogP contribution in [0.2, 0.25) is 0 Å². The lowest BCUT2D eigenvalue weighted by molar-refractivity contribution is -0.148. The summed E-state index contributed by atoms with van der Waals surface area (Å²) in [5, 5.41) is 27.0. The summed E-state index contributed by atoms with van der Waals surface area (Å²) in [7, 11) is 0. The molecular weight excluding hydrogens is 971 g/mol. The van der Waals surface area contributed by atoms with Crippen LogP contribution in [0.15, 0.2) is 60.7 Å². The molecule has 0 aromatic heterocycles. The molecule has 2 aromatic rings. The van der Waals surface area contributed by atoms with E-state index in [1.165, 1.54) is 9.80 Å². The Bertz CT molecular complexity index is 2280. The van der Waals surface area contributed by atoms with Crippen molar-refractivity contribution in [3.05, 3.63) is 71.8 Å². The van der Waals surface area contributed by atoms with E-state index in [0.717, 1.165) is 5.56 Å². The van der Waals surface area contributed by atoms with E-state index in [9.17, 15) is 48.3 Å². The Kier molecular flexibility index (Phi) is 24.4. The number of carbonyl (C=O) groups is 9. The summed E-state index contributed by atoms with van der Waals surface area (Å²) in [4.78, 5) is 128. The van der Waals surface area contributed by atoms with Gasteiger partial charge in [-0.15, -0.1) is 0 Å². The lowest BCUT2D eigenvalue weighted by Crippen LogP contribution is -2.62. The van der Waals surface area contributed by atoms with Gasteiger partial charge in [0.1, 0.15) is 48.3 Å². The molecule has 19 nitrogen and oxygen atoms in total. The zero-order chi connectivity index (χ0) is 56.4.